The maximum atomic E-state index is 11.3. The van der Waals surface area contributed by atoms with E-state index in [1.54, 1.807) is 0 Å². The highest BCUT2D eigenvalue weighted by molar-refractivity contribution is 5.66. The van der Waals surface area contributed by atoms with Gasteiger partial charge < -0.3 is 10.2 Å². The fourth-order valence-electron chi connectivity index (χ4n) is 5.39. The van der Waals surface area contributed by atoms with Gasteiger partial charge in [0.05, 0.1) is 6.10 Å². The first-order valence-corrected chi connectivity index (χ1v) is 16.6. The molecule has 2 N–H and O–H groups in total. The van der Waals surface area contributed by atoms with E-state index < -0.39 is 5.97 Å². The van der Waals surface area contributed by atoms with Gasteiger partial charge in [0, 0.05) is 6.42 Å². The second kappa shape index (κ2) is 29.7. The highest BCUT2D eigenvalue weighted by atomic mass is 16.4. The zero-order chi connectivity index (χ0) is 27.2. The first-order chi connectivity index (χ1) is 18.1. The topological polar surface area (TPSA) is 57.5 Å². The van der Waals surface area contributed by atoms with Crippen LogP contribution in [0.3, 0.4) is 0 Å². The van der Waals surface area contributed by atoms with Crippen molar-refractivity contribution in [3.8, 4) is 0 Å². The predicted molar refractivity (Wildman–Crippen MR) is 162 cm³/mol. The van der Waals surface area contributed by atoms with E-state index in [1.807, 2.05) is 0 Å². The van der Waals surface area contributed by atoms with Crippen LogP contribution in [0, 0.1) is 5.92 Å². The molecule has 0 bridgehead atoms. The van der Waals surface area contributed by atoms with Crippen LogP contribution in [-0.2, 0) is 4.79 Å². The van der Waals surface area contributed by atoms with Crippen LogP contribution in [0.1, 0.15) is 187 Å². The molecular formula is C34H66O3. The Morgan fingerprint density at radius 2 is 0.973 bits per heavy atom. The lowest BCUT2D eigenvalue weighted by molar-refractivity contribution is -0.138. The summed E-state index contributed by atoms with van der Waals surface area (Å²) in [5.41, 5.74) is 0. The third kappa shape index (κ3) is 29.6. The fraction of sp³-hybridized carbons (Fsp3) is 0.912. The number of aliphatic hydroxyl groups excluding tert-OH is 1. The van der Waals surface area contributed by atoms with Crippen LogP contribution in [-0.4, -0.2) is 22.3 Å². The molecule has 0 saturated heterocycles. The minimum Gasteiger partial charge on any atom is -0.481 e. The Balaban J connectivity index is 3.64. The van der Waals surface area contributed by atoms with E-state index in [9.17, 15) is 15.0 Å². The molecular weight excluding hydrogens is 456 g/mol. The van der Waals surface area contributed by atoms with Crippen molar-refractivity contribution < 1.29 is 15.0 Å². The molecule has 1 unspecified atom stereocenters. The van der Waals surface area contributed by atoms with E-state index in [4.69, 9.17) is 0 Å². The fourth-order valence-corrected chi connectivity index (χ4v) is 5.39. The molecule has 37 heavy (non-hydrogen) atoms. The molecule has 0 rings (SSSR count). The minimum absolute atomic E-state index is 0.181. The summed E-state index contributed by atoms with van der Waals surface area (Å²) < 4.78 is 0. The minimum atomic E-state index is -0.633. The third-order valence-corrected chi connectivity index (χ3v) is 7.88. The molecule has 3 heteroatoms. The molecule has 0 aromatic carbocycles. The molecule has 0 heterocycles. The monoisotopic (exact) mass is 523 g/mol. The van der Waals surface area contributed by atoms with Gasteiger partial charge in [0.25, 0.3) is 0 Å². The van der Waals surface area contributed by atoms with Crippen molar-refractivity contribution in [2.24, 2.45) is 5.92 Å². The van der Waals surface area contributed by atoms with Crippen LogP contribution >= 0.6 is 0 Å². The van der Waals surface area contributed by atoms with Gasteiger partial charge in [-0.05, 0) is 44.4 Å². The number of hydrogen-bond acceptors (Lipinski definition) is 2. The molecule has 0 aliphatic rings. The summed E-state index contributed by atoms with van der Waals surface area (Å²) in [7, 11) is 0. The molecule has 0 aliphatic heterocycles. The summed E-state index contributed by atoms with van der Waals surface area (Å²) in [5.74, 6) is -0.278. The zero-order valence-electron chi connectivity index (χ0n) is 25.2. The van der Waals surface area contributed by atoms with Gasteiger partial charge in [0.1, 0.15) is 0 Å². The molecule has 2 atom stereocenters. The molecule has 0 aliphatic carbocycles. The molecule has 3 nitrogen and oxygen atoms in total. The molecule has 0 saturated carbocycles. The first kappa shape index (κ1) is 36.2. The molecule has 0 fully saturated rings. The summed E-state index contributed by atoms with van der Waals surface area (Å²) in [6, 6.07) is 0. The van der Waals surface area contributed by atoms with E-state index in [1.165, 1.54) is 122 Å². The Kier molecular flexibility index (Phi) is 29.1. The van der Waals surface area contributed by atoms with Gasteiger partial charge in [-0.15, -0.1) is 0 Å². The molecule has 0 aromatic rings. The van der Waals surface area contributed by atoms with Gasteiger partial charge in [0.15, 0.2) is 0 Å². The van der Waals surface area contributed by atoms with Crippen molar-refractivity contribution in [2.45, 2.75) is 193 Å². The summed E-state index contributed by atoms with van der Waals surface area (Å²) in [4.78, 5) is 11.3. The van der Waals surface area contributed by atoms with Crippen molar-refractivity contribution in [1.29, 1.82) is 0 Å². The maximum absolute atomic E-state index is 11.3. The van der Waals surface area contributed by atoms with E-state index in [0.29, 0.717) is 12.3 Å². The van der Waals surface area contributed by atoms with Crippen molar-refractivity contribution >= 4 is 5.97 Å². The number of allylic oxidation sites excluding steroid dienone is 1. The largest absolute Gasteiger partial charge is 0.481 e. The molecule has 0 spiro atoms. The highest BCUT2D eigenvalue weighted by Gasteiger charge is 2.12. The average Bonchev–Trinajstić information content (AvgIpc) is 2.87. The number of aliphatic carboxylic acids is 1. The van der Waals surface area contributed by atoms with Gasteiger partial charge in [-0.25, -0.2) is 0 Å². The van der Waals surface area contributed by atoms with Crippen LogP contribution in [0.4, 0.5) is 0 Å². The maximum Gasteiger partial charge on any atom is 0.303 e. The lowest BCUT2D eigenvalue weighted by Crippen LogP contribution is -2.08. The van der Waals surface area contributed by atoms with Gasteiger partial charge in [-0.3, -0.25) is 4.79 Å². The quantitative estimate of drug-likeness (QED) is 0.0728. The standard InChI is InChI=1S/C34H66O3/c1-3-5-7-9-10-11-12-13-14-15-16-17-20-23-27-32(31-34(36)37)28-24-21-18-19-22-26-30-33(35)29-25-8-6-4-2/h22,26,32-33,35H,3-21,23-25,27-31H2,1-2H3,(H,36,37)/t32?,33-/m1/s1. The van der Waals surface area contributed by atoms with Crippen molar-refractivity contribution in [3.05, 3.63) is 12.2 Å². The van der Waals surface area contributed by atoms with Crippen LogP contribution in [0.15, 0.2) is 12.2 Å². The van der Waals surface area contributed by atoms with E-state index >= 15 is 0 Å². The van der Waals surface area contributed by atoms with E-state index in [-0.39, 0.29) is 6.10 Å². The molecule has 220 valence electrons. The Morgan fingerprint density at radius 1 is 0.568 bits per heavy atom. The number of unbranched alkanes of at least 4 members (excludes halogenated alkanes) is 19. The van der Waals surface area contributed by atoms with Gasteiger partial charge >= 0.3 is 5.97 Å². The smallest absolute Gasteiger partial charge is 0.303 e. The average molecular weight is 523 g/mol. The number of aliphatic hydroxyl groups is 1. The lowest BCUT2D eigenvalue weighted by Gasteiger charge is -2.14. The van der Waals surface area contributed by atoms with Gasteiger partial charge in [-0.1, -0.05) is 154 Å². The normalized spacial score (nSPS) is 13.4. The van der Waals surface area contributed by atoms with Crippen molar-refractivity contribution in [2.75, 3.05) is 0 Å². The lowest BCUT2D eigenvalue weighted by atomic mass is 9.91. The summed E-state index contributed by atoms with van der Waals surface area (Å²) in [6.45, 7) is 4.49. The number of rotatable bonds is 30. The zero-order valence-corrected chi connectivity index (χ0v) is 25.2. The number of carbonyl (C=O) groups is 1. The second-order valence-corrected chi connectivity index (χ2v) is 11.7. The second-order valence-electron chi connectivity index (χ2n) is 11.7. The van der Waals surface area contributed by atoms with Crippen LogP contribution in [0.2, 0.25) is 0 Å². The Bertz CT molecular complexity index is 487. The molecule has 0 radical (unpaired) electrons. The highest BCUT2D eigenvalue weighted by Crippen LogP contribution is 2.22. The van der Waals surface area contributed by atoms with Crippen molar-refractivity contribution in [1.82, 2.24) is 0 Å². The molecule has 0 amide bonds. The Hall–Kier alpha value is -0.830. The van der Waals surface area contributed by atoms with Crippen LogP contribution in [0.5, 0.6) is 0 Å². The third-order valence-electron chi connectivity index (χ3n) is 7.88. The van der Waals surface area contributed by atoms with E-state index in [2.05, 4.69) is 26.0 Å². The summed E-state index contributed by atoms with van der Waals surface area (Å²) >= 11 is 0. The Labute approximate surface area is 232 Å². The summed E-state index contributed by atoms with van der Waals surface area (Å²) in [6.07, 6.45) is 37.0. The predicted octanol–water partition coefficient (Wildman–Crippen LogP) is 11.2. The van der Waals surface area contributed by atoms with Crippen LogP contribution in [0.25, 0.3) is 0 Å². The van der Waals surface area contributed by atoms with E-state index in [0.717, 1.165) is 44.9 Å². The number of hydrogen-bond donors (Lipinski definition) is 2. The van der Waals surface area contributed by atoms with Gasteiger partial charge in [0.2, 0.25) is 0 Å². The Morgan fingerprint density at radius 3 is 1.46 bits per heavy atom. The molecule has 0 aromatic heterocycles. The SMILES string of the molecule is CCCCCCCCCCCCCCCCC(CCCCCC=CC[C@H](O)CCCCCC)CC(=O)O. The van der Waals surface area contributed by atoms with Crippen molar-refractivity contribution in [3.63, 3.8) is 0 Å². The van der Waals surface area contributed by atoms with Crippen LogP contribution < -0.4 is 0 Å². The number of carboxylic acids is 1. The first-order valence-electron chi connectivity index (χ1n) is 16.6. The summed E-state index contributed by atoms with van der Waals surface area (Å²) in [5, 5.41) is 19.3. The van der Waals surface area contributed by atoms with Gasteiger partial charge in [-0.2, -0.15) is 0 Å². The number of carboxylic acid groups (broad SMARTS) is 1.